The fraction of sp³-hybridized carbons (Fsp3) is 0.625. The van der Waals surface area contributed by atoms with Gasteiger partial charge in [0.2, 0.25) is 0 Å². The molecule has 5 atom stereocenters. The maximum atomic E-state index is 12.3. The van der Waals surface area contributed by atoms with Gasteiger partial charge in [-0.25, -0.2) is 9.78 Å². The van der Waals surface area contributed by atoms with Gasteiger partial charge in [-0.05, 0) is 18.6 Å². The van der Waals surface area contributed by atoms with Gasteiger partial charge in [0.1, 0.15) is 17.8 Å². The topological polar surface area (TPSA) is 90.4 Å². The number of carbonyl (C=O) groups is 1. The van der Waals surface area contributed by atoms with E-state index in [1.165, 1.54) is 0 Å². The molecular weight excluding hydrogens is 302 g/mol. The normalized spacial score (nSPS) is 38.3. The number of epoxide rings is 1. The van der Waals surface area contributed by atoms with Crippen LogP contribution in [0.5, 0.6) is 0 Å². The summed E-state index contributed by atoms with van der Waals surface area (Å²) in [4.78, 5) is 16.3. The molecule has 0 bridgehead atoms. The number of aromatic nitrogens is 1. The summed E-state index contributed by atoms with van der Waals surface area (Å²) in [5, 5.41) is 10.7. The maximum absolute atomic E-state index is 12.3. The third kappa shape index (κ3) is 2.74. The fourth-order valence-electron chi connectivity index (χ4n) is 3.31. The lowest BCUT2D eigenvalue weighted by molar-refractivity contribution is -0.0778. The molecular formula is C16H19NO6. The molecule has 1 unspecified atom stereocenters. The van der Waals surface area contributed by atoms with Crippen LogP contribution >= 0.6 is 0 Å². The molecule has 0 aliphatic carbocycles. The molecule has 1 aromatic heterocycles. The van der Waals surface area contributed by atoms with Gasteiger partial charge in [0.15, 0.2) is 11.8 Å². The number of ether oxygens (including phenoxy) is 4. The Balaban J connectivity index is 1.44. The Labute approximate surface area is 133 Å². The molecule has 0 saturated carbocycles. The summed E-state index contributed by atoms with van der Waals surface area (Å²) in [5.74, 6) is -0.498. The van der Waals surface area contributed by atoms with E-state index in [0.717, 1.165) is 5.56 Å². The van der Waals surface area contributed by atoms with E-state index in [0.29, 0.717) is 13.0 Å². The van der Waals surface area contributed by atoms with E-state index in [2.05, 4.69) is 4.98 Å². The minimum atomic E-state index is -1.08. The van der Waals surface area contributed by atoms with E-state index in [1.807, 2.05) is 0 Å². The van der Waals surface area contributed by atoms with Crippen LogP contribution in [-0.4, -0.2) is 65.9 Å². The number of aliphatic hydroxyl groups is 1. The highest BCUT2D eigenvalue weighted by molar-refractivity contribution is 5.88. The SMILES string of the molecule is Cc1cccnc1C(=O)O[C@H]1CO[C@H]2[C@@H]1OC[C@]2(O)CC1CO1. The Morgan fingerprint density at radius 3 is 3.00 bits per heavy atom. The second-order valence-corrected chi connectivity index (χ2v) is 6.41. The zero-order chi connectivity index (χ0) is 16.0. The molecule has 0 amide bonds. The molecule has 0 radical (unpaired) electrons. The lowest BCUT2D eigenvalue weighted by Gasteiger charge is -2.25. The Morgan fingerprint density at radius 2 is 2.26 bits per heavy atom. The van der Waals surface area contributed by atoms with Crippen LogP contribution in [0.2, 0.25) is 0 Å². The first-order valence-electron chi connectivity index (χ1n) is 7.77. The zero-order valence-corrected chi connectivity index (χ0v) is 12.8. The van der Waals surface area contributed by atoms with Crippen LogP contribution in [-0.2, 0) is 18.9 Å². The standard InChI is InChI=1S/C16H19NO6/c1-9-3-2-4-17-12(9)15(18)23-11-7-21-14-13(11)22-8-16(14,19)5-10-6-20-10/h2-4,10-11,13-14,19H,5-8H2,1H3/t10?,11-,13+,14-,16+/m0/s1. The van der Waals surface area contributed by atoms with Gasteiger partial charge in [0.05, 0.1) is 25.9 Å². The van der Waals surface area contributed by atoms with E-state index in [9.17, 15) is 9.90 Å². The summed E-state index contributed by atoms with van der Waals surface area (Å²) < 4.78 is 22.0. The third-order valence-electron chi connectivity index (χ3n) is 4.60. The molecule has 3 aliphatic heterocycles. The minimum absolute atomic E-state index is 0.0729. The number of pyridine rings is 1. The van der Waals surface area contributed by atoms with Crippen LogP contribution < -0.4 is 0 Å². The molecule has 3 aliphatic rings. The number of hydrogen-bond acceptors (Lipinski definition) is 7. The first-order chi connectivity index (χ1) is 11.1. The molecule has 4 rings (SSSR count). The first-order valence-corrected chi connectivity index (χ1v) is 7.77. The summed E-state index contributed by atoms with van der Waals surface area (Å²) in [6.07, 6.45) is 0.624. The molecule has 3 saturated heterocycles. The van der Waals surface area contributed by atoms with Gasteiger partial charge >= 0.3 is 5.97 Å². The van der Waals surface area contributed by atoms with Crippen molar-refractivity contribution in [1.29, 1.82) is 0 Å². The van der Waals surface area contributed by atoms with Crippen molar-refractivity contribution in [2.45, 2.75) is 43.4 Å². The van der Waals surface area contributed by atoms with Gasteiger partial charge in [-0.1, -0.05) is 6.07 Å². The predicted molar refractivity (Wildman–Crippen MR) is 77.0 cm³/mol. The van der Waals surface area contributed by atoms with Gasteiger partial charge < -0.3 is 24.1 Å². The average molecular weight is 321 g/mol. The van der Waals surface area contributed by atoms with Crippen molar-refractivity contribution < 1.29 is 28.8 Å². The summed E-state index contributed by atoms with van der Waals surface area (Å²) in [7, 11) is 0. The average Bonchev–Trinajstić information content (AvgIpc) is 3.14. The molecule has 3 fully saturated rings. The van der Waals surface area contributed by atoms with Crippen LogP contribution in [0.15, 0.2) is 18.3 Å². The van der Waals surface area contributed by atoms with Crippen molar-refractivity contribution in [1.82, 2.24) is 4.98 Å². The largest absolute Gasteiger partial charge is 0.452 e. The van der Waals surface area contributed by atoms with Gasteiger partial charge in [-0.2, -0.15) is 0 Å². The molecule has 23 heavy (non-hydrogen) atoms. The van der Waals surface area contributed by atoms with Crippen molar-refractivity contribution in [2.75, 3.05) is 19.8 Å². The van der Waals surface area contributed by atoms with Crippen LogP contribution in [0.4, 0.5) is 0 Å². The zero-order valence-electron chi connectivity index (χ0n) is 12.8. The second-order valence-electron chi connectivity index (χ2n) is 6.41. The van der Waals surface area contributed by atoms with Crippen LogP contribution in [0, 0.1) is 6.92 Å². The van der Waals surface area contributed by atoms with Crippen LogP contribution in [0.25, 0.3) is 0 Å². The Kier molecular flexibility index (Phi) is 3.60. The van der Waals surface area contributed by atoms with Crippen LogP contribution in [0.1, 0.15) is 22.5 Å². The number of rotatable bonds is 4. The molecule has 124 valence electrons. The van der Waals surface area contributed by atoms with Gasteiger partial charge in [-0.15, -0.1) is 0 Å². The minimum Gasteiger partial charge on any atom is -0.452 e. The number of hydrogen-bond donors (Lipinski definition) is 1. The van der Waals surface area contributed by atoms with Crippen molar-refractivity contribution >= 4 is 5.97 Å². The predicted octanol–water partition coefficient (Wildman–Crippen LogP) is 0.233. The summed E-state index contributed by atoms with van der Waals surface area (Å²) in [5.41, 5.74) is -0.0354. The van der Waals surface area contributed by atoms with Gasteiger partial charge in [0.25, 0.3) is 0 Å². The highest BCUT2D eigenvalue weighted by atomic mass is 16.6. The highest BCUT2D eigenvalue weighted by Gasteiger charge is 2.58. The van der Waals surface area contributed by atoms with E-state index in [1.54, 1.807) is 25.3 Å². The summed E-state index contributed by atoms with van der Waals surface area (Å²) >= 11 is 0. The molecule has 0 spiro atoms. The highest BCUT2D eigenvalue weighted by Crippen LogP contribution is 2.40. The van der Waals surface area contributed by atoms with Crippen molar-refractivity contribution in [2.24, 2.45) is 0 Å². The number of fused-ring (bicyclic) bond motifs is 1. The Hall–Kier alpha value is -1.54. The number of aryl methyl sites for hydroxylation is 1. The smallest absolute Gasteiger partial charge is 0.357 e. The number of esters is 1. The molecule has 4 heterocycles. The lowest BCUT2D eigenvalue weighted by atomic mass is 9.91. The molecule has 0 aromatic carbocycles. The molecule has 1 aromatic rings. The van der Waals surface area contributed by atoms with Gasteiger partial charge in [-0.3, -0.25) is 0 Å². The van der Waals surface area contributed by atoms with Crippen molar-refractivity contribution in [3.63, 3.8) is 0 Å². The van der Waals surface area contributed by atoms with Crippen molar-refractivity contribution in [3.8, 4) is 0 Å². The summed E-state index contributed by atoms with van der Waals surface area (Å²) in [6, 6.07) is 3.57. The van der Waals surface area contributed by atoms with Crippen LogP contribution in [0.3, 0.4) is 0 Å². The number of carbonyl (C=O) groups excluding carboxylic acids is 1. The van der Waals surface area contributed by atoms with E-state index < -0.39 is 29.9 Å². The quantitative estimate of drug-likeness (QED) is 0.627. The third-order valence-corrected chi connectivity index (χ3v) is 4.60. The van der Waals surface area contributed by atoms with E-state index in [4.69, 9.17) is 18.9 Å². The first kappa shape index (κ1) is 15.0. The number of nitrogens with zero attached hydrogens (tertiary/aromatic N) is 1. The fourth-order valence-corrected chi connectivity index (χ4v) is 3.31. The molecule has 1 N–H and O–H groups in total. The maximum Gasteiger partial charge on any atom is 0.357 e. The monoisotopic (exact) mass is 321 g/mol. The van der Waals surface area contributed by atoms with E-state index in [-0.39, 0.29) is 25.0 Å². The van der Waals surface area contributed by atoms with Crippen molar-refractivity contribution in [3.05, 3.63) is 29.6 Å². The van der Waals surface area contributed by atoms with Gasteiger partial charge in [0, 0.05) is 12.6 Å². The lowest BCUT2D eigenvalue weighted by Crippen LogP contribution is -2.45. The summed E-state index contributed by atoms with van der Waals surface area (Å²) in [6.45, 7) is 2.84. The molecule has 7 nitrogen and oxygen atoms in total. The second kappa shape index (κ2) is 5.52. The molecule has 7 heteroatoms. The Morgan fingerprint density at radius 1 is 1.43 bits per heavy atom. The Bertz CT molecular complexity index is 618. The van der Waals surface area contributed by atoms with E-state index >= 15 is 0 Å².